The van der Waals surface area contributed by atoms with Crippen molar-refractivity contribution in [1.29, 1.82) is 0 Å². The number of carbonyl (C=O) groups is 1. The minimum atomic E-state index is -0.776. The van der Waals surface area contributed by atoms with E-state index in [-0.39, 0.29) is 0 Å². The molecule has 0 saturated carbocycles. The predicted octanol–water partition coefficient (Wildman–Crippen LogP) is 2.22. The number of fused-ring (bicyclic) bond motifs is 2. The SMILES string of the molecule is Cc1nc2cccc(CN3Cc4ccccc4C(C(=O)O)C3)n2n1. The summed E-state index contributed by atoms with van der Waals surface area (Å²) >= 11 is 0. The molecule has 0 bridgehead atoms. The second kappa shape index (κ2) is 5.72. The highest BCUT2D eigenvalue weighted by Gasteiger charge is 2.30. The number of aromatic nitrogens is 3. The summed E-state index contributed by atoms with van der Waals surface area (Å²) in [6, 6.07) is 13.7. The fourth-order valence-corrected chi connectivity index (χ4v) is 3.43. The fourth-order valence-electron chi connectivity index (χ4n) is 3.43. The molecule has 3 aromatic rings. The zero-order valence-electron chi connectivity index (χ0n) is 13.4. The summed E-state index contributed by atoms with van der Waals surface area (Å²) in [5.74, 6) is -0.538. The van der Waals surface area contributed by atoms with Crippen molar-refractivity contribution in [3.63, 3.8) is 0 Å². The van der Waals surface area contributed by atoms with E-state index < -0.39 is 11.9 Å². The lowest BCUT2D eigenvalue weighted by Gasteiger charge is -2.32. The molecule has 0 saturated heterocycles. The van der Waals surface area contributed by atoms with Crippen molar-refractivity contribution in [2.45, 2.75) is 25.9 Å². The Hall–Kier alpha value is -2.73. The van der Waals surface area contributed by atoms with E-state index in [9.17, 15) is 9.90 Å². The van der Waals surface area contributed by atoms with Crippen LogP contribution in [-0.4, -0.2) is 37.1 Å². The van der Waals surface area contributed by atoms with E-state index in [2.05, 4.69) is 15.0 Å². The molecular weight excluding hydrogens is 304 g/mol. The van der Waals surface area contributed by atoms with Crippen LogP contribution in [0.5, 0.6) is 0 Å². The fraction of sp³-hybridized carbons (Fsp3) is 0.278. The topological polar surface area (TPSA) is 70.7 Å². The first-order valence-electron chi connectivity index (χ1n) is 7.96. The Balaban J connectivity index is 1.67. The first-order chi connectivity index (χ1) is 11.6. The summed E-state index contributed by atoms with van der Waals surface area (Å²) in [5.41, 5.74) is 3.84. The highest BCUT2D eigenvalue weighted by atomic mass is 16.4. The summed E-state index contributed by atoms with van der Waals surface area (Å²) in [7, 11) is 0. The number of aryl methyl sites for hydroxylation is 1. The van der Waals surface area contributed by atoms with E-state index in [1.165, 1.54) is 0 Å². The maximum atomic E-state index is 11.7. The van der Waals surface area contributed by atoms with E-state index >= 15 is 0 Å². The first-order valence-corrected chi connectivity index (χ1v) is 7.96. The molecule has 1 atom stereocenters. The van der Waals surface area contributed by atoms with Crippen LogP contribution in [0.3, 0.4) is 0 Å². The smallest absolute Gasteiger partial charge is 0.312 e. The van der Waals surface area contributed by atoms with Gasteiger partial charge in [0.25, 0.3) is 0 Å². The normalized spacial score (nSPS) is 17.8. The van der Waals surface area contributed by atoms with Gasteiger partial charge in [-0.2, -0.15) is 5.10 Å². The van der Waals surface area contributed by atoms with Crippen LogP contribution < -0.4 is 0 Å². The summed E-state index contributed by atoms with van der Waals surface area (Å²) in [5, 5.41) is 14.0. The molecule has 0 amide bonds. The van der Waals surface area contributed by atoms with Gasteiger partial charge in [0.05, 0.1) is 11.6 Å². The molecule has 122 valence electrons. The lowest BCUT2D eigenvalue weighted by Crippen LogP contribution is -2.36. The van der Waals surface area contributed by atoms with Crippen molar-refractivity contribution >= 4 is 11.6 Å². The molecule has 3 heterocycles. The third kappa shape index (κ3) is 2.55. The molecule has 1 N–H and O–H groups in total. The van der Waals surface area contributed by atoms with Crippen LogP contribution in [0.25, 0.3) is 5.65 Å². The van der Waals surface area contributed by atoms with E-state index in [0.717, 1.165) is 34.8 Å². The number of rotatable bonds is 3. The van der Waals surface area contributed by atoms with Crippen LogP contribution in [0.15, 0.2) is 42.5 Å². The van der Waals surface area contributed by atoms with Gasteiger partial charge in [-0.1, -0.05) is 30.3 Å². The lowest BCUT2D eigenvalue weighted by atomic mass is 9.90. The van der Waals surface area contributed by atoms with Gasteiger partial charge in [0.15, 0.2) is 5.65 Å². The van der Waals surface area contributed by atoms with Gasteiger partial charge in [0.1, 0.15) is 5.82 Å². The second-order valence-corrected chi connectivity index (χ2v) is 6.21. The summed E-state index contributed by atoms with van der Waals surface area (Å²) in [6.07, 6.45) is 0. The average molecular weight is 322 g/mol. The number of carboxylic acids is 1. The molecule has 24 heavy (non-hydrogen) atoms. The minimum Gasteiger partial charge on any atom is -0.481 e. The molecule has 4 rings (SSSR count). The van der Waals surface area contributed by atoms with Crippen LogP contribution in [-0.2, 0) is 17.9 Å². The van der Waals surface area contributed by atoms with Crippen molar-refractivity contribution in [3.8, 4) is 0 Å². The molecule has 1 aromatic carbocycles. The lowest BCUT2D eigenvalue weighted by molar-refractivity contribution is -0.139. The summed E-state index contributed by atoms with van der Waals surface area (Å²) in [6.45, 7) is 3.74. The monoisotopic (exact) mass is 322 g/mol. The quantitative estimate of drug-likeness (QED) is 0.800. The molecule has 2 aromatic heterocycles. The van der Waals surface area contributed by atoms with Crippen molar-refractivity contribution in [2.75, 3.05) is 6.54 Å². The zero-order valence-corrected chi connectivity index (χ0v) is 13.4. The van der Waals surface area contributed by atoms with Gasteiger partial charge < -0.3 is 5.11 Å². The third-order valence-electron chi connectivity index (χ3n) is 4.49. The Morgan fingerprint density at radius 1 is 1.25 bits per heavy atom. The maximum absolute atomic E-state index is 11.7. The Morgan fingerprint density at radius 3 is 2.92 bits per heavy atom. The van der Waals surface area contributed by atoms with E-state index in [1.807, 2.05) is 53.9 Å². The molecule has 1 aliphatic heterocycles. The van der Waals surface area contributed by atoms with Crippen LogP contribution in [0.4, 0.5) is 0 Å². The van der Waals surface area contributed by atoms with Crippen molar-refractivity contribution < 1.29 is 9.90 Å². The number of pyridine rings is 1. The highest BCUT2D eigenvalue weighted by molar-refractivity contribution is 5.77. The van der Waals surface area contributed by atoms with Crippen LogP contribution in [0.2, 0.25) is 0 Å². The molecule has 6 nitrogen and oxygen atoms in total. The van der Waals surface area contributed by atoms with Crippen molar-refractivity contribution in [1.82, 2.24) is 19.5 Å². The number of hydrogen-bond donors (Lipinski definition) is 1. The van der Waals surface area contributed by atoms with E-state index in [1.54, 1.807) is 0 Å². The van der Waals surface area contributed by atoms with Gasteiger partial charge in [-0.25, -0.2) is 9.50 Å². The molecule has 6 heteroatoms. The summed E-state index contributed by atoms with van der Waals surface area (Å²) in [4.78, 5) is 18.2. The van der Waals surface area contributed by atoms with Gasteiger partial charge in [-0.3, -0.25) is 9.69 Å². The molecule has 0 fully saturated rings. The Kier molecular flexibility index (Phi) is 3.54. The predicted molar refractivity (Wildman–Crippen MR) is 88.7 cm³/mol. The second-order valence-electron chi connectivity index (χ2n) is 6.21. The van der Waals surface area contributed by atoms with Gasteiger partial charge in [0, 0.05) is 19.6 Å². The molecule has 1 aliphatic rings. The number of carboxylic acid groups (broad SMARTS) is 1. The molecular formula is C18H18N4O2. The standard InChI is InChI=1S/C18H18N4O2/c1-12-19-17-8-4-6-14(22(17)20-12)10-21-9-13-5-2-3-7-15(13)16(11-21)18(23)24/h2-8,16H,9-11H2,1H3,(H,23,24). The average Bonchev–Trinajstić information content (AvgIpc) is 2.95. The molecule has 0 spiro atoms. The van der Waals surface area contributed by atoms with Gasteiger partial charge in [-0.05, 0) is 30.2 Å². The van der Waals surface area contributed by atoms with Gasteiger partial charge in [0.2, 0.25) is 0 Å². The van der Waals surface area contributed by atoms with Gasteiger partial charge in [-0.15, -0.1) is 0 Å². The van der Waals surface area contributed by atoms with Crippen LogP contribution in [0.1, 0.15) is 28.6 Å². The maximum Gasteiger partial charge on any atom is 0.312 e. The van der Waals surface area contributed by atoms with E-state index in [4.69, 9.17) is 0 Å². The molecule has 0 radical (unpaired) electrons. The van der Waals surface area contributed by atoms with Crippen LogP contribution >= 0.6 is 0 Å². The summed E-state index contributed by atoms with van der Waals surface area (Å²) < 4.78 is 1.84. The molecule has 0 aliphatic carbocycles. The van der Waals surface area contributed by atoms with Crippen LogP contribution in [0, 0.1) is 6.92 Å². The Morgan fingerprint density at radius 2 is 2.08 bits per heavy atom. The van der Waals surface area contributed by atoms with Crippen molar-refractivity contribution in [3.05, 3.63) is 65.1 Å². The first kappa shape index (κ1) is 14.8. The third-order valence-corrected chi connectivity index (χ3v) is 4.49. The van der Waals surface area contributed by atoms with E-state index in [0.29, 0.717) is 13.1 Å². The number of aliphatic carboxylic acids is 1. The number of nitrogens with zero attached hydrogens (tertiary/aromatic N) is 4. The van der Waals surface area contributed by atoms with Gasteiger partial charge >= 0.3 is 5.97 Å². The Labute approximate surface area is 139 Å². The molecule has 1 unspecified atom stereocenters. The Bertz CT molecular complexity index is 918. The number of benzene rings is 1. The minimum absolute atomic E-state index is 0.494. The largest absolute Gasteiger partial charge is 0.481 e. The number of hydrogen-bond acceptors (Lipinski definition) is 4. The zero-order chi connectivity index (χ0) is 16.7. The van der Waals surface area contributed by atoms with Crippen molar-refractivity contribution in [2.24, 2.45) is 0 Å². The highest BCUT2D eigenvalue weighted by Crippen LogP contribution is 2.29.